The van der Waals surface area contributed by atoms with E-state index in [4.69, 9.17) is 17.3 Å². The van der Waals surface area contributed by atoms with Gasteiger partial charge in [0.1, 0.15) is 0 Å². The van der Waals surface area contributed by atoms with Crippen molar-refractivity contribution in [2.45, 2.75) is 51.0 Å². The van der Waals surface area contributed by atoms with Crippen LogP contribution in [-0.4, -0.2) is 23.9 Å². The lowest BCUT2D eigenvalue weighted by Crippen LogP contribution is -2.41. The van der Waals surface area contributed by atoms with Crippen LogP contribution in [0.1, 0.15) is 56.6 Å². The zero-order chi connectivity index (χ0) is 16.2. The Hall–Kier alpha value is -1.06. The third-order valence-electron chi connectivity index (χ3n) is 5.57. The van der Waals surface area contributed by atoms with Crippen LogP contribution in [0.4, 0.5) is 0 Å². The van der Waals surface area contributed by atoms with E-state index in [2.05, 4.69) is 17.0 Å². The van der Waals surface area contributed by atoms with Crippen LogP contribution >= 0.6 is 11.6 Å². The molecule has 4 heteroatoms. The summed E-state index contributed by atoms with van der Waals surface area (Å²) < 4.78 is 0. The highest BCUT2D eigenvalue weighted by atomic mass is 35.5. The van der Waals surface area contributed by atoms with E-state index in [0.717, 1.165) is 43.7 Å². The van der Waals surface area contributed by atoms with E-state index in [0.29, 0.717) is 18.4 Å². The average Bonchev–Trinajstić information content (AvgIpc) is 2.91. The maximum atomic E-state index is 13.2. The zero-order valence-electron chi connectivity index (χ0n) is 13.7. The van der Waals surface area contributed by atoms with Gasteiger partial charge in [0.05, 0.1) is 6.04 Å². The highest BCUT2D eigenvalue weighted by Gasteiger charge is 2.37. The second-order valence-corrected chi connectivity index (χ2v) is 7.42. The molecule has 0 aromatic heterocycles. The summed E-state index contributed by atoms with van der Waals surface area (Å²) >= 11 is 6.03. The molecule has 2 fully saturated rings. The predicted octanol–water partition coefficient (Wildman–Crippen LogP) is 4.16. The molecule has 2 aliphatic rings. The highest BCUT2D eigenvalue weighted by Crippen LogP contribution is 2.37. The van der Waals surface area contributed by atoms with Crippen LogP contribution in [-0.2, 0) is 4.79 Å². The standard InChI is InChI=1S/C19H27ClN2O/c20-16-10-8-14(9-11-16)18-7-2-1-3-12-22(18)19(23)17-6-4-5-15(17)13-21/h8-11,15,17-18H,1-7,12-13,21H2/t15-,17-,18?/m1/s1. The molecule has 1 unspecified atom stereocenters. The van der Waals surface area contributed by atoms with Gasteiger partial charge in [-0.05, 0) is 55.8 Å². The lowest BCUT2D eigenvalue weighted by molar-refractivity contribution is -0.139. The molecule has 3 rings (SSSR count). The monoisotopic (exact) mass is 334 g/mol. The Morgan fingerprint density at radius 3 is 2.61 bits per heavy atom. The summed E-state index contributed by atoms with van der Waals surface area (Å²) in [5, 5.41) is 0.749. The fraction of sp³-hybridized carbons (Fsp3) is 0.632. The largest absolute Gasteiger partial charge is 0.335 e. The predicted molar refractivity (Wildman–Crippen MR) is 94.3 cm³/mol. The van der Waals surface area contributed by atoms with E-state index < -0.39 is 0 Å². The SMILES string of the molecule is NC[C@H]1CCC[C@H]1C(=O)N1CCCCCC1c1ccc(Cl)cc1. The minimum absolute atomic E-state index is 0.132. The number of likely N-dealkylation sites (tertiary alicyclic amines) is 1. The van der Waals surface area contributed by atoms with Gasteiger partial charge in [-0.1, -0.05) is 43.0 Å². The summed E-state index contributed by atoms with van der Waals surface area (Å²) in [6.07, 6.45) is 7.79. The number of rotatable bonds is 3. The first-order valence-corrected chi connectivity index (χ1v) is 9.34. The first kappa shape index (κ1) is 16.8. The van der Waals surface area contributed by atoms with Gasteiger partial charge in [-0.15, -0.1) is 0 Å². The molecule has 1 aliphatic heterocycles. The number of hydrogen-bond acceptors (Lipinski definition) is 2. The van der Waals surface area contributed by atoms with Crippen LogP contribution in [0, 0.1) is 11.8 Å². The Balaban J connectivity index is 1.83. The summed E-state index contributed by atoms with van der Waals surface area (Å²) in [6, 6.07) is 8.22. The lowest BCUT2D eigenvalue weighted by Gasteiger charge is -2.34. The molecule has 126 valence electrons. The molecule has 23 heavy (non-hydrogen) atoms. The summed E-state index contributed by atoms with van der Waals surface area (Å²) in [4.78, 5) is 15.4. The normalized spacial score (nSPS) is 28.6. The van der Waals surface area contributed by atoms with Gasteiger partial charge >= 0.3 is 0 Å². The van der Waals surface area contributed by atoms with Crippen LogP contribution < -0.4 is 5.73 Å². The summed E-state index contributed by atoms with van der Waals surface area (Å²) in [6.45, 7) is 1.51. The number of amides is 1. The highest BCUT2D eigenvalue weighted by molar-refractivity contribution is 6.30. The molecule has 2 N–H and O–H groups in total. The van der Waals surface area contributed by atoms with Gasteiger partial charge in [0.15, 0.2) is 0 Å². The number of nitrogens with two attached hydrogens (primary N) is 1. The Labute approximate surface area is 144 Å². The van der Waals surface area contributed by atoms with E-state index in [1.807, 2.05) is 12.1 Å². The maximum absolute atomic E-state index is 13.2. The molecule has 1 saturated heterocycles. The number of hydrogen-bond donors (Lipinski definition) is 1. The van der Waals surface area contributed by atoms with E-state index in [-0.39, 0.29) is 12.0 Å². The fourth-order valence-electron chi connectivity index (χ4n) is 4.26. The molecule has 1 saturated carbocycles. The minimum Gasteiger partial charge on any atom is -0.335 e. The van der Waals surface area contributed by atoms with E-state index in [1.54, 1.807) is 0 Å². The van der Waals surface area contributed by atoms with Crippen molar-refractivity contribution in [2.24, 2.45) is 17.6 Å². The maximum Gasteiger partial charge on any atom is 0.226 e. The molecule has 0 bridgehead atoms. The van der Waals surface area contributed by atoms with Crippen LogP contribution in [0.15, 0.2) is 24.3 Å². The number of benzene rings is 1. The first-order valence-electron chi connectivity index (χ1n) is 8.96. The van der Waals surface area contributed by atoms with Crippen molar-refractivity contribution in [1.29, 1.82) is 0 Å². The van der Waals surface area contributed by atoms with E-state index in [9.17, 15) is 4.79 Å². The number of carbonyl (C=O) groups excluding carboxylic acids is 1. The first-order chi connectivity index (χ1) is 11.2. The molecule has 1 aliphatic carbocycles. The smallest absolute Gasteiger partial charge is 0.226 e. The second kappa shape index (κ2) is 7.67. The van der Waals surface area contributed by atoms with Crippen molar-refractivity contribution >= 4 is 17.5 Å². The summed E-state index contributed by atoms with van der Waals surface area (Å²) in [7, 11) is 0. The van der Waals surface area contributed by atoms with Crippen molar-refractivity contribution in [3.63, 3.8) is 0 Å². The van der Waals surface area contributed by atoms with E-state index >= 15 is 0 Å². The number of halogens is 1. The van der Waals surface area contributed by atoms with Gasteiger partial charge in [-0.25, -0.2) is 0 Å². The zero-order valence-corrected chi connectivity index (χ0v) is 14.5. The summed E-state index contributed by atoms with van der Waals surface area (Å²) in [5.41, 5.74) is 7.11. The van der Waals surface area contributed by atoms with Gasteiger partial charge in [0.25, 0.3) is 0 Å². The Morgan fingerprint density at radius 1 is 1.09 bits per heavy atom. The Morgan fingerprint density at radius 2 is 1.87 bits per heavy atom. The van der Waals surface area contributed by atoms with Crippen molar-refractivity contribution in [1.82, 2.24) is 4.90 Å². The molecule has 0 spiro atoms. The molecule has 1 aromatic carbocycles. The third-order valence-corrected chi connectivity index (χ3v) is 5.82. The van der Waals surface area contributed by atoms with Crippen LogP contribution in [0.2, 0.25) is 5.02 Å². The van der Waals surface area contributed by atoms with Crippen LogP contribution in [0.25, 0.3) is 0 Å². The Kier molecular flexibility index (Phi) is 5.60. The van der Waals surface area contributed by atoms with Crippen molar-refractivity contribution < 1.29 is 4.79 Å². The molecule has 1 aromatic rings. The molecule has 0 radical (unpaired) electrons. The minimum atomic E-state index is 0.132. The van der Waals surface area contributed by atoms with Crippen LogP contribution in [0.5, 0.6) is 0 Å². The molecule has 1 amide bonds. The van der Waals surface area contributed by atoms with Crippen molar-refractivity contribution in [2.75, 3.05) is 13.1 Å². The van der Waals surface area contributed by atoms with Crippen molar-refractivity contribution in [3.8, 4) is 0 Å². The number of nitrogens with zero attached hydrogens (tertiary/aromatic N) is 1. The third kappa shape index (κ3) is 3.72. The van der Waals surface area contributed by atoms with Gasteiger partial charge < -0.3 is 10.6 Å². The summed E-state index contributed by atoms with van der Waals surface area (Å²) in [5.74, 6) is 0.837. The molecule has 3 nitrogen and oxygen atoms in total. The van der Waals surface area contributed by atoms with Gasteiger partial charge in [-0.3, -0.25) is 4.79 Å². The Bertz CT molecular complexity index is 531. The quantitative estimate of drug-likeness (QED) is 0.902. The molecular formula is C19H27ClN2O. The van der Waals surface area contributed by atoms with Gasteiger partial charge in [0, 0.05) is 17.5 Å². The van der Waals surface area contributed by atoms with Crippen molar-refractivity contribution in [3.05, 3.63) is 34.9 Å². The molecule has 1 heterocycles. The van der Waals surface area contributed by atoms with Crippen LogP contribution in [0.3, 0.4) is 0 Å². The van der Waals surface area contributed by atoms with Gasteiger partial charge in [0.2, 0.25) is 5.91 Å². The second-order valence-electron chi connectivity index (χ2n) is 6.98. The van der Waals surface area contributed by atoms with Gasteiger partial charge in [-0.2, -0.15) is 0 Å². The lowest BCUT2D eigenvalue weighted by atomic mass is 9.92. The molecular weight excluding hydrogens is 308 g/mol. The molecule has 3 atom stereocenters. The fourth-order valence-corrected chi connectivity index (χ4v) is 4.39. The topological polar surface area (TPSA) is 46.3 Å². The average molecular weight is 335 g/mol. The van der Waals surface area contributed by atoms with E-state index in [1.165, 1.54) is 18.4 Å². The number of carbonyl (C=O) groups is 1.